The molecule has 1 aromatic heterocycles. The molecular weight excluding hydrogens is 222 g/mol. The Morgan fingerprint density at radius 3 is 2.56 bits per heavy atom. The van der Waals surface area contributed by atoms with Gasteiger partial charge in [-0.1, -0.05) is 26.0 Å². The van der Waals surface area contributed by atoms with Crippen molar-refractivity contribution in [2.24, 2.45) is 0 Å². The summed E-state index contributed by atoms with van der Waals surface area (Å²) >= 11 is 0. The third-order valence-corrected chi connectivity index (χ3v) is 3.27. The van der Waals surface area contributed by atoms with Gasteiger partial charge in [0.2, 0.25) is 0 Å². The van der Waals surface area contributed by atoms with Crippen molar-refractivity contribution in [2.45, 2.75) is 32.7 Å². The summed E-state index contributed by atoms with van der Waals surface area (Å²) in [5.74, 6) is 0.464. The van der Waals surface area contributed by atoms with Gasteiger partial charge < -0.3 is 5.32 Å². The molecule has 0 fully saturated rings. The van der Waals surface area contributed by atoms with Gasteiger partial charge in [0.05, 0.1) is 11.4 Å². The minimum Gasteiger partial charge on any atom is -0.313 e. The van der Waals surface area contributed by atoms with Crippen LogP contribution in [0.15, 0.2) is 36.5 Å². The zero-order chi connectivity index (χ0) is 13.1. The van der Waals surface area contributed by atoms with E-state index in [0.717, 1.165) is 11.4 Å². The van der Waals surface area contributed by atoms with E-state index in [9.17, 15) is 0 Å². The van der Waals surface area contributed by atoms with Crippen LogP contribution in [0.2, 0.25) is 0 Å². The van der Waals surface area contributed by atoms with Crippen molar-refractivity contribution >= 4 is 0 Å². The molecule has 18 heavy (non-hydrogen) atoms. The van der Waals surface area contributed by atoms with Gasteiger partial charge in [-0.05, 0) is 43.7 Å². The summed E-state index contributed by atoms with van der Waals surface area (Å²) in [7, 11) is 1.97. The van der Waals surface area contributed by atoms with Crippen LogP contribution in [-0.2, 0) is 0 Å². The maximum atomic E-state index is 4.60. The molecule has 1 unspecified atom stereocenters. The highest BCUT2D eigenvalue weighted by molar-refractivity contribution is 5.36. The van der Waals surface area contributed by atoms with Gasteiger partial charge in [-0.3, -0.25) is 0 Å². The summed E-state index contributed by atoms with van der Waals surface area (Å²) < 4.78 is 1.95. The first-order valence-corrected chi connectivity index (χ1v) is 6.45. The second-order valence-electron chi connectivity index (χ2n) is 4.95. The maximum absolute atomic E-state index is 4.60. The van der Waals surface area contributed by atoms with Crippen LogP contribution in [0.25, 0.3) is 5.69 Å². The van der Waals surface area contributed by atoms with E-state index >= 15 is 0 Å². The van der Waals surface area contributed by atoms with Crippen molar-refractivity contribution < 1.29 is 0 Å². The number of nitrogens with zero attached hydrogens (tertiary/aromatic N) is 2. The largest absolute Gasteiger partial charge is 0.313 e. The number of nitrogens with one attached hydrogen (secondary N) is 1. The van der Waals surface area contributed by atoms with Crippen LogP contribution in [0, 0.1) is 0 Å². The lowest BCUT2D eigenvalue weighted by Crippen LogP contribution is -2.12. The number of rotatable bonds is 4. The van der Waals surface area contributed by atoms with Crippen molar-refractivity contribution in [2.75, 3.05) is 7.05 Å². The molecule has 0 aliphatic carbocycles. The van der Waals surface area contributed by atoms with Crippen LogP contribution in [0.3, 0.4) is 0 Å². The Morgan fingerprint density at radius 1 is 1.17 bits per heavy atom. The number of hydrogen-bond donors (Lipinski definition) is 1. The first-order chi connectivity index (χ1) is 8.61. The van der Waals surface area contributed by atoms with Gasteiger partial charge in [0, 0.05) is 12.2 Å². The first kappa shape index (κ1) is 12.8. The third-order valence-electron chi connectivity index (χ3n) is 3.27. The molecule has 1 N–H and O–H groups in total. The van der Waals surface area contributed by atoms with Crippen LogP contribution in [0.5, 0.6) is 0 Å². The molecule has 3 heteroatoms. The first-order valence-electron chi connectivity index (χ1n) is 6.45. The van der Waals surface area contributed by atoms with Crippen molar-refractivity contribution in [3.05, 3.63) is 47.8 Å². The third kappa shape index (κ3) is 2.62. The molecule has 0 saturated heterocycles. The molecule has 0 bridgehead atoms. The summed E-state index contributed by atoms with van der Waals surface area (Å²) in [5, 5.41) is 7.86. The molecule has 0 aliphatic rings. The van der Waals surface area contributed by atoms with Gasteiger partial charge in [-0.25, -0.2) is 4.68 Å². The van der Waals surface area contributed by atoms with Crippen molar-refractivity contribution in [3.63, 3.8) is 0 Å². The molecule has 3 nitrogen and oxygen atoms in total. The summed E-state index contributed by atoms with van der Waals surface area (Å²) in [4.78, 5) is 0. The minimum atomic E-state index is 0.352. The molecule has 0 aliphatic heterocycles. The van der Waals surface area contributed by atoms with E-state index in [1.165, 1.54) is 5.56 Å². The second kappa shape index (κ2) is 5.36. The Morgan fingerprint density at radius 2 is 1.94 bits per heavy atom. The van der Waals surface area contributed by atoms with Crippen LogP contribution < -0.4 is 5.32 Å². The number of benzene rings is 1. The van der Waals surface area contributed by atoms with E-state index in [-0.39, 0.29) is 0 Å². The monoisotopic (exact) mass is 243 g/mol. The fraction of sp³-hybridized carbons (Fsp3) is 0.400. The summed E-state index contributed by atoms with van der Waals surface area (Å²) in [6, 6.07) is 10.9. The lowest BCUT2D eigenvalue weighted by Gasteiger charge is -2.12. The van der Waals surface area contributed by atoms with Gasteiger partial charge >= 0.3 is 0 Å². The van der Waals surface area contributed by atoms with Gasteiger partial charge in [-0.2, -0.15) is 5.10 Å². The van der Waals surface area contributed by atoms with Crippen molar-refractivity contribution in [1.29, 1.82) is 0 Å². The number of aromatic nitrogens is 2. The molecule has 1 aromatic carbocycles. The molecule has 1 atom stereocenters. The standard InChI is InChI=1S/C15H21N3/c1-11(2)15-8-9-18(17-15)14-7-5-6-13(10-14)12(3)16-4/h5-12,16H,1-4H3. The van der Waals surface area contributed by atoms with Crippen LogP contribution in [0.4, 0.5) is 0 Å². The minimum absolute atomic E-state index is 0.352. The fourth-order valence-corrected chi connectivity index (χ4v) is 1.89. The predicted molar refractivity (Wildman–Crippen MR) is 75.1 cm³/mol. The molecule has 2 rings (SSSR count). The Bertz CT molecular complexity index is 514. The Labute approximate surface area is 109 Å². The van der Waals surface area contributed by atoms with E-state index in [2.05, 4.69) is 61.5 Å². The number of hydrogen-bond acceptors (Lipinski definition) is 2. The summed E-state index contributed by atoms with van der Waals surface area (Å²) in [5.41, 5.74) is 3.51. The topological polar surface area (TPSA) is 29.9 Å². The highest BCUT2D eigenvalue weighted by Gasteiger charge is 2.07. The normalized spacial score (nSPS) is 12.9. The lowest BCUT2D eigenvalue weighted by molar-refractivity contribution is 0.651. The highest BCUT2D eigenvalue weighted by atomic mass is 15.3. The Kier molecular flexibility index (Phi) is 3.82. The summed E-state index contributed by atoms with van der Waals surface area (Å²) in [6.45, 7) is 6.47. The van der Waals surface area contributed by atoms with Gasteiger partial charge in [0.15, 0.2) is 0 Å². The van der Waals surface area contributed by atoms with Gasteiger partial charge in [0.1, 0.15) is 0 Å². The molecule has 0 saturated carbocycles. The van der Waals surface area contributed by atoms with Crippen molar-refractivity contribution in [3.8, 4) is 5.69 Å². The Balaban J connectivity index is 2.32. The van der Waals surface area contributed by atoms with Crippen LogP contribution >= 0.6 is 0 Å². The lowest BCUT2D eigenvalue weighted by atomic mass is 10.1. The molecule has 96 valence electrons. The average Bonchev–Trinajstić information content (AvgIpc) is 2.88. The molecule has 1 heterocycles. The Hall–Kier alpha value is -1.61. The zero-order valence-corrected chi connectivity index (χ0v) is 11.5. The molecule has 2 aromatic rings. The van der Waals surface area contributed by atoms with Crippen molar-refractivity contribution in [1.82, 2.24) is 15.1 Å². The molecule has 0 amide bonds. The maximum Gasteiger partial charge on any atom is 0.0654 e. The van der Waals surface area contributed by atoms with E-state index in [4.69, 9.17) is 0 Å². The summed E-state index contributed by atoms with van der Waals surface area (Å²) in [6.07, 6.45) is 2.03. The molecular formula is C15H21N3. The van der Waals surface area contributed by atoms with E-state index < -0.39 is 0 Å². The predicted octanol–water partition coefficient (Wildman–Crippen LogP) is 3.28. The SMILES string of the molecule is CNC(C)c1cccc(-n2ccc(C(C)C)n2)c1. The smallest absolute Gasteiger partial charge is 0.0654 e. The van der Waals surface area contributed by atoms with E-state index in [1.807, 2.05) is 17.9 Å². The van der Waals surface area contributed by atoms with Crippen LogP contribution in [0.1, 0.15) is 44.0 Å². The highest BCUT2D eigenvalue weighted by Crippen LogP contribution is 2.18. The fourth-order valence-electron chi connectivity index (χ4n) is 1.89. The van der Waals surface area contributed by atoms with E-state index in [0.29, 0.717) is 12.0 Å². The molecule has 0 radical (unpaired) electrons. The quantitative estimate of drug-likeness (QED) is 0.893. The second-order valence-corrected chi connectivity index (χ2v) is 4.95. The van der Waals surface area contributed by atoms with Gasteiger partial charge in [0.25, 0.3) is 0 Å². The van der Waals surface area contributed by atoms with E-state index in [1.54, 1.807) is 0 Å². The average molecular weight is 243 g/mol. The van der Waals surface area contributed by atoms with Gasteiger partial charge in [-0.15, -0.1) is 0 Å². The van der Waals surface area contributed by atoms with Crippen LogP contribution in [-0.4, -0.2) is 16.8 Å². The zero-order valence-electron chi connectivity index (χ0n) is 11.5. The molecule has 0 spiro atoms.